The summed E-state index contributed by atoms with van der Waals surface area (Å²) in [6.45, 7) is 0. The van der Waals surface area contributed by atoms with Crippen LogP contribution in [0.3, 0.4) is 0 Å². The molecule has 0 fully saturated rings. The van der Waals surface area contributed by atoms with Gasteiger partial charge in [0.1, 0.15) is 55.2 Å². The molecule has 0 aliphatic carbocycles. The van der Waals surface area contributed by atoms with Crippen LogP contribution in [0.5, 0.6) is 11.5 Å². The number of aromatic amines is 2. The quantitative estimate of drug-likeness (QED) is 0.117. The van der Waals surface area contributed by atoms with Crippen LogP contribution in [0.4, 0.5) is 0 Å². The predicted octanol–water partition coefficient (Wildman–Crippen LogP) is 11.3. The molecule has 13 rings (SSSR count). The average Bonchev–Trinajstić information content (AvgIpc) is 4.14. The first-order valence-corrected chi connectivity index (χ1v) is 25.9. The van der Waals surface area contributed by atoms with E-state index in [4.69, 9.17) is 34.6 Å². The van der Waals surface area contributed by atoms with Crippen molar-refractivity contribution in [3.05, 3.63) is 176 Å². The number of aromatic carboxylic acids is 1. The number of ether oxygens (including phenoxy) is 1. The number of rotatable bonds is 9. The van der Waals surface area contributed by atoms with Gasteiger partial charge in [0.05, 0.1) is 5.56 Å². The van der Waals surface area contributed by atoms with Crippen LogP contribution >= 0.6 is 35.3 Å². The molecule has 0 radical (unpaired) electrons. The lowest BCUT2D eigenvalue weighted by atomic mass is 10.1. The second kappa shape index (κ2) is 18.4. The first-order chi connectivity index (χ1) is 36.1. The highest BCUT2D eigenvalue weighted by Gasteiger charge is 2.25. The van der Waals surface area contributed by atoms with E-state index in [1.54, 1.807) is 47.4 Å². The predicted molar refractivity (Wildman–Crippen MR) is 285 cm³/mol. The maximum Gasteiger partial charge on any atom is 0.335 e. The summed E-state index contributed by atoms with van der Waals surface area (Å²) in [5.41, 5.74) is 5.65. The van der Waals surface area contributed by atoms with E-state index >= 15 is 0 Å². The third kappa shape index (κ3) is 8.45. The fraction of sp³-hybridized carbons (Fsp3) is 0.0526. The highest BCUT2D eigenvalue weighted by Crippen LogP contribution is 2.42. The molecule has 74 heavy (non-hydrogen) atoms. The average molecular weight is 1020 g/mol. The van der Waals surface area contributed by atoms with Crippen molar-refractivity contribution in [1.29, 1.82) is 0 Å². The molecule has 0 saturated heterocycles. The summed E-state index contributed by atoms with van der Waals surface area (Å²) in [7, 11) is 6.11. The number of hydrogen-bond acceptors (Lipinski definition) is 11. The van der Waals surface area contributed by atoms with Gasteiger partial charge in [-0.1, -0.05) is 0 Å². The van der Waals surface area contributed by atoms with Crippen molar-refractivity contribution in [3.8, 4) is 57.1 Å². The number of aromatic nitrogens is 11. The molecule has 17 heteroatoms. The largest absolute Gasteiger partial charge is 0.478 e. The molecule has 14 nitrogen and oxygen atoms in total. The maximum absolute atomic E-state index is 11.6. The van der Waals surface area contributed by atoms with Gasteiger partial charge in [-0.3, -0.25) is 0 Å². The summed E-state index contributed by atoms with van der Waals surface area (Å²) in [5, 5.41) is 16.0. The van der Waals surface area contributed by atoms with Gasteiger partial charge in [0.25, 0.3) is 0 Å². The van der Waals surface area contributed by atoms with Crippen molar-refractivity contribution >= 4 is 85.4 Å². The fourth-order valence-corrected chi connectivity index (χ4v) is 11.7. The van der Waals surface area contributed by atoms with Crippen molar-refractivity contribution in [2.24, 2.45) is 21.1 Å². The van der Waals surface area contributed by atoms with Crippen LogP contribution in [0.15, 0.2) is 200 Å². The van der Waals surface area contributed by atoms with Gasteiger partial charge in [0.15, 0.2) is 41.9 Å². The van der Waals surface area contributed by atoms with Crippen molar-refractivity contribution in [3.63, 3.8) is 0 Å². The number of pyridine rings is 3. The second-order valence-corrected chi connectivity index (χ2v) is 20.9. The molecule has 2 aliphatic rings. The highest BCUT2D eigenvalue weighted by molar-refractivity contribution is 7.99. The van der Waals surface area contributed by atoms with Gasteiger partial charge in [-0.15, -0.1) is 0 Å². The maximum atomic E-state index is 11.6. The molecular weight excluding hydrogens is 983 g/mol. The van der Waals surface area contributed by atoms with Gasteiger partial charge in [0.2, 0.25) is 15.1 Å². The highest BCUT2D eigenvalue weighted by atomic mass is 32.2. The van der Waals surface area contributed by atoms with Crippen molar-refractivity contribution in [2.45, 2.75) is 29.8 Å². The number of H-pyrrole nitrogens is 2. The number of benzene rings is 5. The molecule has 2 aliphatic heterocycles. The molecule has 0 saturated carbocycles. The number of nitrogens with zero attached hydrogens (tertiary/aromatic N) is 9. The van der Waals surface area contributed by atoms with Gasteiger partial charge in [-0.25, -0.2) is 34.7 Å². The number of carboxylic acid groups (broad SMARTS) is 1. The van der Waals surface area contributed by atoms with Crippen LogP contribution in [-0.4, -0.2) is 50.9 Å². The summed E-state index contributed by atoms with van der Waals surface area (Å²) in [6, 6.07) is 49.3. The third-order valence-corrected chi connectivity index (χ3v) is 16.1. The zero-order chi connectivity index (χ0) is 50.0. The van der Waals surface area contributed by atoms with E-state index in [2.05, 4.69) is 96.5 Å². The minimum Gasteiger partial charge on any atom is -0.478 e. The molecule has 8 bridgehead atoms. The lowest BCUT2D eigenvalue weighted by Crippen LogP contribution is -2.29. The van der Waals surface area contributed by atoms with Crippen LogP contribution in [0.25, 0.3) is 89.7 Å². The van der Waals surface area contributed by atoms with E-state index in [0.717, 1.165) is 73.6 Å². The smallest absolute Gasteiger partial charge is 0.335 e. The van der Waals surface area contributed by atoms with Crippen LogP contribution < -0.4 is 18.4 Å². The Kier molecular flexibility index (Phi) is 11.2. The van der Waals surface area contributed by atoms with Crippen LogP contribution in [0.1, 0.15) is 10.4 Å². The van der Waals surface area contributed by atoms with Crippen LogP contribution in [0, 0.1) is 0 Å². The van der Waals surface area contributed by atoms with Crippen molar-refractivity contribution in [2.75, 3.05) is 0 Å². The van der Waals surface area contributed by atoms with Gasteiger partial charge in [-0.05, 0) is 151 Å². The van der Waals surface area contributed by atoms with E-state index < -0.39 is 5.97 Å². The monoisotopic (exact) mass is 1020 g/mol. The minimum atomic E-state index is -1.01. The molecule has 356 valence electrons. The summed E-state index contributed by atoms with van der Waals surface area (Å²) >= 11 is 4.98. The Balaban J connectivity index is 1.07. The zero-order valence-corrected chi connectivity index (χ0v) is 42.1. The lowest BCUT2D eigenvalue weighted by Gasteiger charge is -2.06. The second-order valence-electron chi connectivity index (χ2n) is 17.6. The number of nitrogens with one attached hydrogen (secondary N) is 2. The minimum absolute atomic E-state index is 0.164. The normalized spacial score (nSPS) is 11.7. The topological polar surface area (TPSA) is 167 Å². The number of aryl methyl sites for hydroxylation is 3. The van der Waals surface area contributed by atoms with Crippen molar-refractivity contribution in [1.82, 2.24) is 39.9 Å². The van der Waals surface area contributed by atoms with Gasteiger partial charge >= 0.3 is 5.97 Å². The van der Waals surface area contributed by atoms with Crippen molar-refractivity contribution < 1.29 is 28.3 Å². The van der Waals surface area contributed by atoms with E-state index in [9.17, 15) is 9.90 Å². The first-order valence-electron chi connectivity index (χ1n) is 23.4. The molecule has 11 aromatic rings. The molecule has 0 atom stereocenters. The summed E-state index contributed by atoms with van der Waals surface area (Å²) < 4.78 is 12.6. The standard InChI is InChI=1S/C57H38N11O3S3/c1-66-25-7-4-10-46(66)72-35-18-22-39-43(29-35)55-61-50(39)59-53-42-28-34(71-33-15-13-32(14-16-33)57(69)70)17-21-38(42)49(58-53)60-54-44-30-36(73-47-11-5-8-26-67(47)2)19-23-40(44)51(62-54)64-56-45-31-37(20-24-41(45)52(63-55)65-56)74-48-12-6-9-27-68(48)3/h4-31H,1-3H3,(H-2,58,59,60,61,62,63,64,65,69,70)/q+1/p+2. The van der Waals surface area contributed by atoms with E-state index in [0.29, 0.717) is 57.4 Å². The zero-order valence-electron chi connectivity index (χ0n) is 39.7. The van der Waals surface area contributed by atoms with E-state index in [-0.39, 0.29) is 5.56 Å². The van der Waals surface area contributed by atoms with Crippen LogP contribution in [0.2, 0.25) is 0 Å². The lowest BCUT2D eigenvalue weighted by molar-refractivity contribution is -0.708. The Morgan fingerprint density at radius 3 is 1.31 bits per heavy atom. The third-order valence-electron chi connectivity index (χ3n) is 12.7. The van der Waals surface area contributed by atoms with Gasteiger partial charge in [0, 0.05) is 94.9 Å². The van der Waals surface area contributed by atoms with Gasteiger partial charge in [-0.2, -0.15) is 13.7 Å². The number of hydrogen-bond donors (Lipinski definition) is 3. The summed E-state index contributed by atoms with van der Waals surface area (Å²) in [6.07, 6.45) is 6.11. The molecule has 0 amide bonds. The Morgan fingerprint density at radius 2 is 0.838 bits per heavy atom. The Hall–Kier alpha value is -8.77. The summed E-state index contributed by atoms with van der Waals surface area (Å²) in [4.78, 5) is 53.7. The molecule has 3 N–H and O–H groups in total. The number of carbonyl (C=O) groups is 1. The first kappa shape index (κ1) is 45.1. The van der Waals surface area contributed by atoms with E-state index in [1.807, 2.05) is 94.3 Å². The number of fused-ring (bicyclic) bond motifs is 20. The molecule has 0 unspecified atom stereocenters. The van der Waals surface area contributed by atoms with Gasteiger partial charge < -0.3 is 19.8 Å². The Bertz CT molecular complexity index is 4260. The molecular formula is C57H40N11O3S3+3. The Labute approximate surface area is 434 Å². The molecule has 6 aromatic heterocycles. The van der Waals surface area contributed by atoms with Crippen LogP contribution in [-0.2, 0) is 21.1 Å². The Morgan fingerprint density at radius 1 is 0.432 bits per heavy atom. The summed E-state index contributed by atoms with van der Waals surface area (Å²) in [5.74, 6) is 1.90. The molecule has 8 heterocycles. The fourth-order valence-electron chi connectivity index (χ4n) is 8.97. The SMILES string of the molecule is C[n+]1ccccc1Sc1ccc2c(c1)-c1nc-2nc2[nH]c(nc3nc(nc4[nH]c(n1)c1ccc(Oc5ccc(C(=O)O)cc5)cc41)-c1ccc(Sc4cccc[n+]4C)cc1-3)c1ccc(Sc3cccc[n+]3C)cc21. The molecule has 0 spiro atoms. The van der Waals surface area contributed by atoms with E-state index in [1.165, 1.54) is 12.1 Å². The molecule has 5 aromatic carbocycles. The number of carboxylic acids is 1.